The molecule has 0 radical (unpaired) electrons. The summed E-state index contributed by atoms with van der Waals surface area (Å²) < 4.78 is 2.02. The largest absolute Gasteiger partial charge is 0.351 e. The van der Waals surface area contributed by atoms with Gasteiger partial charge in [0.25, 0.3) is 5.91 Å². The molecule has 3 heterocycles. The first kappa shape index (κ1) is 14.5. The van der Waals surface area contributed by atoms with Gasteiger partial charge in [0.15, 0.2) is 0 Å². The summed E-state index contributed by atoms with van der Waals surface area (Å²) in [6, 6.07) is 4.05. The van der Waals surface area contributed by atoms with Gasteiger partial charge in [-0.1, -0.05) is 0 Å². The zero-order chi connectivity index (χ0) is 15.4. The Hall–Kier alpha value is -2.41. The van der Waals surface area contributed by atoms with Crippen LogP contribution < -0.4 is 5.32 Å². The van der Waals surface area contributed by atoms with Crippen LogP contribution in [0.5, 0.6) is 0 Å². The van der Waals surface area contributed by atoms with Crippen LogP contribution in [0.25, 0.3) is 11.3 Å². The molecule has 3 rings (SSSR count). The number of nitrogens with one attached hydrogen (secondary N) is 2. The molecular formula is C15H17N5OS. The van der Waals surface area contributed by atoms with Gasteiger partial charge in [-0.2, -0.15) is 16.4 Å². The number of thiophene rings is 1. The molecule has 0 saturated heterocycles. The van der Waals surface area contributed by atoms with E-state index in [1.807, 2.05) is 27.6 Å². The number of carbonyl (C=O) groups is 1. The van der Waals surface area contributed by atoms with Gasteiger partial charge in [0, 0.05) is 35.9 Å². The van der Waals surface area contributed by atoms with Gasteiger partial charge < -0.3 is 9.88 Å². The van der Waals surface area contributed by atoms with Crippen molar-refractivity contribution in [2.45, 2.75) is 19.4 Å². The van der Waals surface area contributed by atoms with E-state index in [0.717, 1.165) is 17.7 Å². The maximum Gasteiger partial charge on any atom is 0.269 e. The van der Waals surface area contributed by atoms with E-state index in [9.17, 15) is 4.79 Å². The standard InChI is InChI=1S/C15H17N5OS/c1-11(20-6-5-16-10-20)2-4-17-15(21)14-8-13(18-19-14)12-3-7-22-9-12/h3,5-11H,2,4H2,1H3,(H,17,21)(H,18,19)/t11-/m0/s1. The van der Waals surface area contributed by atoms with Crippen LogP contribution in [0, 0.1) is 0 Å². The lowest BCUT2D eigenvalue weighted by Gasteiger charge is -2.12. The first-order chi connectivity index (χ1) is 10.7. The van der Waals surface area contributed by atoms with Gasteiger partial charge in [-0.05, 0) is 30.9 Å². The smallest absolute Gasteiger partial charge is 0.269 e. The predicted octanol–water partition coefficient (Wildman–Crippen LogP) is 2.72. The van der Waals surface area contributed by atoms with Crippen LogP contribution in [0.15, 0.2) is 41.6 Å². The quantitative estimate of drug-likeness (QED) is 0.734. The van der Waals surface area contributed by atoms with Crippen molar-refractivity contribution in [1.29, 1.82) is 0 Å². The molecule has 6 nitrogen and oxygen atoms in total. The molecule has 7 heteroatoms. The minimum absolute atomic E-state index is 0.133. The number of nitrogens with zero attached hydrogens (tertiary/aromatic N) is 3. The van der Waals surface area contributed by atoms with Crippen molar-refractivity contribution in [2.24, 2.45) is 0 Å². The molecule has 0 aliphatic rings. The summed E-state index contributed by atoms with van der Waals surface area (Å²) in [6.07, 6.45) is 6.31. The maximum absolute atomic E-state index is 12.1. The fourth-order valence-corrected chi connectivity index (χ4v) is 2.81. The third-order valence-electron chi connectivity index (χ3n) is 3.52. The zero-order valence-corrected chi connectivity index (χ0v) is 13.0. The SMILES string of the molecule is C[C@@H](CCNC(=O)c1cc(-c2ccsc2)n[nH]1)n1ccnc1. The number of amides is 1. The number of aromatic nitrogens is 4. The topological polar surface area (TPSA) is 75.6 Å². The molecule has 0 unspecified atom stereocenters. The van der Waals surface area contributed by atoms with Crippen LogP contribution in [0.2, 0.25) is 0 Å². The second kappa shape index (κ2) is 6.57. The van der Waals surface area contributed by atoms with Crippen molar-refractivity contribution in [1.82, 2.24) is 25.1 Å². The maximum atomic E-state index is 12.1. The van der Waals surface area contributed by atoms with E-state index < -0.39 is 0 Å². The number of H-pyrrole nitrogens is 1. The van der Waals surface area contributed by atoms with Crippen molar-refractivity contribution in [3.63, 3.8) is 0 Å². The fraction of sp³-hybridized carbons (Fsp3) is 0.267. The highest BCUT2D eigenvalue weighted by atomic mass is 32.1. The highest BCUT2D eigenvalue weighted by molar-refractivity contribution is 7.08. The van der Waals surface area contributed by atoms with Crippen LogP contribution >= 0.6 is 11.3 Å². The fourth-order valence-electron chi connectivity index (χ4n) is 2.17. The second-order valence-electron chi connectivity index (χ2n) is 5.08. The molecule has 0 saturated carbocycles. The second-order valence-corrected chi connectivity index (χ2v) is 5.86. The van der Waals surface area contributed by atoms with E-state index in [4.69, 9.17) is 0 Å². The molecule has 0 aliphatic carbocycles. The first-order valence-corrected chi connectivity index (χ1v) is 8.02. The van der Waals surface area contributed by atoms with Gasteiger partial charge in [-0.25, -0.2) is 4.98 Å². The summed E-state index contributed by atoms with van der Waals surface area (Å²) in [5.74, 6) is -0.133. The molecule has 0 fully saturated rings. The van der Waals surface area contributed by atoms with Gasteiger partial charge in [0.2, 0.25) is 0 Å². The highest BCUT2D eigenvalue weighted by Crippen LogP contribution is 2.20. The molecule has 0 aliphatic heterocycles. The predicted molar refractivity (Wildman–Crippen MR) is 85.8 cm³/mol. The Labute approximate surface area is 132 Å². The van der Waals surface area contributed by atoms with E-state index >= 15 is 0 Å². The summed E-state index contributed by atoms with van der Waals surface area (Å²) in [4.78, 5) is 16.1. The van der Waals surface area contributed by atoms with Gasteiger partial charge in [0.1, 0.15) is 5.69 Å². The molecule has 1 atom stereocenters. The van der Waals surface area contributed by atoms with E-state index in [1.165, 1.54) is 0 Å². The van der Waals surface area contributed by atoms with E-state index in [2.05, 4.69) is 27.4 Å². The number of carbonyl (C=O) groups excluding carboxylic acids is 1. The Morgan fingerprint density at radius 1 is 1.55 bits per heavy atom. The molecule has 114 valence electrons. The van der Waals surface area contributed by atoms with Gasteiger partial charge in [0.05, 0.1) is 12.0 Å². The lowest BCUT2D eigenvalue weighted by Crippen LogP contribution is -2.26. The minimum atomic E-state index is -0.133. The molecular weight excluding hydrogens is 298 g/mol. The molecule has 1 amide bonds. The zero-order valence-electron chi connectivity index (χ0n) is 12.2. The van der Waals surface area contributed by atoms with Crippen molar-refractivity contribution in [3.8, 4) is 11.3 Å². The lowest BCUT2D eigenvalue weighted by atomic mass is 10.2. The van der Waals surface area contributed by atoms with Crippen molar-refractivity contribution >= 4 is 17.2 Å². The number of rotatable bonds is 6. The normalized spacial score (nSPS) is 12.2. The molecule has 2 N–H and O–H groups in total. The summed E-state index contributed by atoms with van der Waals surface area (Å²) >= 11 is 1.61. The number of imidazole rings is 1. The summed E-state index contributed by atoms with van der Waals surface area (Å²) in [7, 11) is 0. The molecule has 0 bridgehead atoms. The average molecular weight is 315 g/mol. The van der Waals surface area contributed by atoms with Gasteiger partial charge >= 0.3 is 0 Å². The third-order valence-corrected chi connectivity index (χ3v) is 4.20. The summed E-state index contributed by atoms with van der Waals surface area (Å²) in [5, 5.41) is 13.9. The molecule has 3 aromatic rings. The Bertz CT molecular complexity index is 717. The van der Waals surface area contributed by atoms with E-state index in [1.54, 1.807) is 29.9 Å². The Morgan fingerprint density at radius 3 is 3.18 bits per heavy atom. The summed E-state index contributed by atoms with van der Waals surface area (Å²) in [6.45, 7) is 2.70. The Kier molecular flexibility index (Phi) is 4.34. The molecule has 0 spiro atoms. The Balaban J connectivity index is 1.52. The van der Waals surface area contributed by atoms with Crippen LogP contribution in [-0.2, 0) is 0 Å². The number of hydrogen-bond donors (Lipinski definition) is 2. The average Bonchev–Trinajstić information content (AvgIpc) is 3.26. The monoisotopic (exact) mass is 315 g/mol. The van der Waals surface area contributed by atoms with Crippen LogP contribution in [-0.4, -0.2) is 32.2 Å². The molecule has 0 aromatic carbocycles. The van der Waals surface area contributed by atoms with Crippen LogP contribution in [0.3, 0.4) is 0 Å². The van der Waals surface area contributed by atoms with Crippen molar-refractivity contribution in [3.05, 3.63) is 47.3 Å². The minimum Gasteiger partial charge on any atom is -0.351 e. The molecule has 3 aromatic heterocycles. The van der Waals surface area contributed by atoms with Gasteiger partial charge in [-0.15, -0.1) is 0 Å². The van der Waals surface area contributed by atoms with Gasteiger partial charge in [-0.3, -0.25) is 9.89 Å². The van der Waals surface area contributed by atoms with E-state index in [0.29, 0.717) is 18.3 Å². The third kappa shape index (κ3) is 3.25. The highest BCUT2D eigenvalue weighted by Gasteiger charge is 2.11. The molecule has 22 heavy (non-hydrogen) atoms. The Morgan fingerprint density at radius 2 is 2.45 bits per heavy atom. The first-order valence-electron chi connectivity index (χ1n) is 7.07. The van der Waals surface area contributed by atoms with Crippen LogP contribution in [0.1, 0.15) is 29.9 Å². The number of hydrogen-bond acceptors (Lipinski definition) is 4. The lowest BCUT2D eigenvalue weighted by molar-refractivity contribution is 0.0947. The van der Waals surface area contributed by atoms with Crippen molar-refractivity contribution in [2.75, 3.05) is 6.54 Å². The number of aromatic amines is 1. The van der Waals surface area contributed by atoms with Crippen molar-refractivity contribution < 1.29 is 4.79 Å². The van der Waals surface area contributed by atoms with E-state index in [-0.39, 0.29) is 5.91 Å². The summed E-state index contributed by atoms with van der Waals surface area (Å²) in [5.41, 5.74) is 2.30. The van der Waals surface area contributed by atoms with Crippen LogP contribution in [0.4, 0.5) is 0 Å².